The summed E-state index contributed by atoms with van der Waals surface area (Å²) in [6, 6.07) is 8.33. The molecule has 2 aromatic rings. The van der Waals surface area contributed by atoms with E-state index in [-0.39, 0.29) is 22.2 Å². The van der Waals surface area contributed by atoms with E-state index in [1.165, 1.54) is 24.3 Å². The molecule has 1 N–H and O–H groups in total. The number of benzene rings is 1. The average Bonchev–Trinajstić information content (AvgIpc) is 2.48. The Hall–Kier alpha value is -2.01. The number of sulfonamides is 1. The maximum Gasteiger partial charge on any atom is 0.242 e. The number of nitriles is 1. The first-order valence-electron chi connectivity index (χ1n) is 5.72. The Kier molecular flexibility index (Phi) is 4.53. The van der Waals surface area contributed by atoms with Gasteiger partial charge in [-0.15, -0.1) is 0 Å². The van der Waals surface area contributed by atoms with Crippen molar-refractivity contribution in [1.82, 2.24) is 9.71 Å². The molecular formula is C13H9ClFN3O2S. The van der Waals surface area contributed by atoms with Gasteiger partial charge in [0.15, 0.2) is 0 Å². The number of halogens is 2. The van der Waals surface area contributed by atoms with Gasteiger partial charge in [-0.3, -0.25) is 0 Å². The molecule has 0 radical (unpaired) electrons. The third kappa shape index (κ3) is 3.76. The van der Waals surface area contributed by atoms with Crippen molar-refractivity contribution < 1.29 is 12.8 Å². The van der Waals surface area contributed by atoms with Gasteiger partial charge in [0.2, 0.25) is 10.0 Å². The van der Waals surface area contributed by atoms with E-state index < -0.39 is 15.8 Å². The van der Waals surface area contributed by atoms with Crippen molar-refractivity contribution in [3.63, 3.8) is 0 Å². The first-order valence-corrected chi connectivity index (χ1v) is 7.58. The van der Waals surface area contributed by atoms with Crippen LogP contribution in [0.4, 0.5) is 4.39 Å². The first-order chi connectivity index (χ1) is 9.92. The van der Waals surface area contributed by atoms with Crippen molar-refractivity contribution in [2.45, 2.75) is 11.4 Å². The standard InChI is InChI=1S/C13H9ClFN3O2S/c14-12-5-9(1-4-13(12)15)7-18-21(19,20)11-3-2-10(6-16)17-8-11/h1-5,8,18H,7H2. The highest BCUT2D eigenvalue weighted by Gasteiger charge is 2.14. The van der Waals surface area contributed by atoms with Crippen LogP contribution in [0.25, 0.3) is 0 Å². The minimum atomic E-state index is -3.77. The van der Waals surface area contributed by atoms with Crippen LogP contribution in [0.2, 0.25) is 5.02 Å². The molecule has 1 aromatic carbocycles. The topological polar surface area (TPSA) is 82.8 Å². The van der Waals surface area contributed by atoms with Crippen LogP contribution in [0.1, 0.15) is 11.3 Å². The smallest absolute Gasteiger partial charge is 0.242 e. The minimum absolute atomic E-state index is 0.0394. The van der Waals surface area contributed by atoms with Gasteiger partial charge in [0.1, 0.15) is 22.5 Å². The Bertz CT molecular complexity index is 801. The second-order valence-electron chi connectivity index (χ2n) is 4.06. The Balaban J connectivity index is 2.13. The number of aromatic nitrogens is 1. The SMILES string of the molecule is N#Cc1ccc(S(=O)(=O)NCc2ccc(F)c(Cl)c2)cn1. The van der Waals surface area contributed by atoms with E-state index in [4.69, 9.17) is 16.9 Å². The first kappa shape index (κ1) is 15.4. The number of rotatable bonds is 4. The predicted molar refractivity (Wildman–Crippen MR) is 74.4 cm³/mol. The van der Waals surface area contributed by atoms with Crippen LogP contribution >= 0.6 is 11.6 Å². The van der Waals surface area contributed by atoms with Crippen molar-refractivity contribution in [1.29, 1.82) is 5.26 Å². The van der Waals surface area contributed by atoms with Crippen LogP contribution in [0.3, 0.4) is 0 Å². The summed E-state index contributed by atoms with van der Waals surface area (Å²) in [4.78, 5) is 3.63. The van der Waals surface area contributed by atoms with Crippen LogP contribution in [0.15, 0.2) is 41.4 Å². The van der Waals surface area contributed by atoms with Gasteiger partial charge in [-0.2, -0.15) is 5.26 Å². The zero-order chi connectivity index (χ0) is 15.5. The summed E-state index contributed by atoms with van der Waals surface area (Å²) >= 11 is 5.62. The van der Waals surface area contributed by atoms with Crippen LogP contribution in [0.5, 0.6) is 0 Å². The van der Waals surface area contributed by atoms with Crippen LogP contribution in [-0.2, 0) is 16.6 Å². The third-order valence-corrected chi connectivity index (χ3v) is 4.29. The Morgan fingerprint density at radius 1 is 1.33 bits per heavy atom. The molecule has 8 heteroatoms. The van der Waals surface area contributed by atoms with E-state index in [9.17, 15) is 12.8 Å². The summed E-state index contributed by atoms with van der Waals surface area (Å²) in [5.41, 5.74) is 0.644. The molecule has 0 aliphatic carbocycles. The van der Waals surface area contributed by atoms with E-state index >= 15 is 0 Å². The third-order valence-electron chi connectivity index (χ3n) is 2.61. The Labute approximate surface area is 126 Å². The van der Waals surface area contributed by atoms with Gasteiger partial charge in [0, 0.05) is 12.7 Å². The molecule has 1 heterocycles. The van der Waals surface area contributed by atoms with Crippen molar-refractivity contribution in [3.8, 4) is 6.07 Å². The lowest BCUT2D eigenvalue weighted by Gasteiger charge is -2.07. The quantitative estimate of drug-likeness (QED) is 0.934. The molecule has 0 atom stereocenters. The molecule has 0 aliphatic rings. The maximum absolute atomic E-state index is 13.0. The molecule has 0 amide bonds. The summed E-state index contributed by atoms with van der Waals surface area (Å²) in [6.45, 7) is -0.0394. The van der Waals surface area contributed by atoms with E-state index in [1.54, 1.807) is 6.07 Å². The molecular weight excluding hydrogens is 317 g/mol. The highest BCUT2D eigenvalue weighted by Crippen LogP contribution is 2.16. The molecule has 0 spiro atoms. The summed E-state index contributed by atoms with van der Waals surface area (Å²) < 4.78 is 39.4. The zero-order valence-electron chi connectivity index (χ0n) is 10.5. The van der Waals surface area contributed by atoms with Crippen molar-refractivity contribution in [3.05, 3.63) is 58.6 Å². The van der Waals surface area contributed by atoms with Crippen LogP contribution < -0.4 is 4.72 Å². The molecule has 0 bridgehead atoms. The van der Waals surface area contributed by atoms with Gasteiger partial charge in [0.05, 0.1) is 5.02 Å². The van der Waals surface area contributed by atoms with Crippen molar-refractivity contribution >= 4 is 21.6 Å². The number of nitrogens with one attached hydrogen (secondary N) is 1. The molecule has 0 fully saturated rings. The summed E-state index contributed by atoms with van der Waals surface area (Å²) in [5.74, 6) is -0.570. The predicted octanol–water partition coefficient (Wildman–Crippen LogP) is 2.22. The normalized spacial score (nSPS) is 11.1. The molecule has 0 saturated heterocycles. The average molecular weight is 326 g/mol. The molecule has 5 nitrogen and oxygen atoms in total. The van der Waals surface area contributed by atoms with Gasteiger partial charge in [-0.1, -0.05) is 17.7 Å². The van der Waals surface area contributed by atoms with E-state index in [1.807, 2.05) is 0 Å². The summed E-state index contributed by atoms with van der Waals surface area (Å²) in [7, 11) is -3.77. The minimum Gasteiger partial charge on any atom is -0.244 e. The van der Waals surface area contributed by atoms with Crippen molar-refractivity contribution in [2.24, 2.45) is 0 Å². The molecule has 0 saturated carbocycles. The highest BCUT2D eigenvalue weighted by molar-refractivity contribution is 7.89. The lowest BCUT2D eigenvalue weighted by atomic mass is 10.2. The van der Waals surface area contributed by atoms with Gasteiger partial charge < -0.3 is 0 Å². The lowest BCUT2D eigenvalue weighted by Crippen LogP contribution is -2.23. The zero-order valence-corrected chi connectivity index (χ0v) is 12.1. The number of pyridine rings is 1. The van der Waals surface area contributed by atoms with Gasteiger partial charge in [-0.05, 0) is 29.8 Å². The Morgan fingerprint density at radius 3 is 2.67 bits per heavy atom. The molecule has 1 aromatic heterocycles. The second-order valence-corrected chi connectivity index (χ2v) is 6.24. The molecule has 2 rings (SSSR count). The van der Waals surface area contributed by atoms with Gasteiger partial charge in [0.25, 0.3) is 0 Å². The van der Waals surface area contributed by atoms with Crippen LogP contribution in [-0.4, -0.2) is 13.4 Å². The fraction of sp³-hybridized carbons (Fsp3) is 0.0769. The number of hydrogen-bond donors (Lipinski definition) is 1. The lowest BCUT2D eigenvalue weighted by molar-refractivity contribution is 0.580. The number of nitrogens with zero attached hydrogens (tertiary/aromatic N) is 2. The highest BCUT2D eigenvalue weighted by atomic mass is 35.5. The fourth-order valence-electron chi connectivity index (χ4n) is 1.52. The van der Waals surface area contributed by atoms with Gasteiger partial charge >= 0.3 is 0 Å². The molecule has 21 heavy (non-hydrogen) atoms. The molecule has 0 aliphatic heterocycles. The summed E-state index contributed by atoms with van der Waals surface area (Å²) in [5, 5.41) is 8.53. The fourth-order valence-corrected chi connectivity index (χ4v) is 2.68. The van der Waals surface area contributed by atoms with Crippen LogP contribution in [0, 0.1) is 17.1 Å². The van der Waals surface area contributed by atoms with E-state index in [2.05, 4.69) is 9.71 Å². The Morgan fingerprint density at radius 2 is 2.10 bits per heavy atom. The van der Waals surface area contributed by atoms with Crippen molar-refractivity contribution in [2.75, 3.05) is 0 Å². The largest absolute Gasteiger partial charge is 0.244 e. The monoisotopic (exact) mass is 325 g/mol. The maximum atomic E-state index is 13.0. The van der Waals surface area contributed by atoms with E-state index in [0.29, 0.717) is 5.56 Å². The molecule has 0 unspecified atom stereocenters. The number of hydrogen-bond acceptors (Lipinski definition) is 4. The van der Waals surface area contributed by atoms with E-state index in [0.717, 1.165) is 12.3 Å². The van der Waals surface area contributed by atoms with Gasteiger partial charge in [-0.25, -0.2) is 22.5 Å². The molecule has 108 valence electrons. The second kappa shape index (κ2) is 6.18. The summed E-state index contributed by atoms with van der Waals surface area (Å²) in [6.07, 6.45) is 1.10.